The summed E-state index contributed by atoms with van der Waals surface area (Å²) in [4.78, 5) is 4.41. The van der Waals surface area contributed by atoms with Crippen LogP contribution in [0.1, 0.15) is 38.2 Å². The lowest BCUT2D eigenvalue weighted by atomic mass is 9.74. The average Bonchev–Trinajstić information content (AvgIpc) is 3.20. The van der Waals surface area contributed by atoms with Crippen LogP contribution in [0.3, 0.4) is 0 Å². The zero-order chi connectivity index (χ0) is 18.2. The molecule has 27 heavy (non-hydrogen) atoms. The van der Waals surface area contributed by atoms with Gasteiger partial charge < -0.3 is 20.1 Å². The number of ether oxygens (including phenoxy) is 2. The van der Waals surface area contributed by atoms with E-state index in [1.165, 1.54) is 5.56 Å². The van der Waals surface area contributed by atoms with E-state index in [2.05, 4.69) is 52.0 Å². The number of nitrogens with one attached hydrogen (secondary N) is 2. The Labute approximate surface area is 180 Å². The summed E-state index contributed by atoms with van der Waals surface area (Å²) in [6.07, 6.45) is 8.61. The lowest BCUT2D eigenvalue weighted by molar-refractivity contribution is 0.0513. The van der Waals surface area contributed by atoms with Crippen LogP contribution in [-0.4, -0.2) is 45.4 Å². The number of aliphatic imine (C=N–C) groups is 1. The molecule has 2 N–H and O–H groups in total. The summed E-state index contributed by atoms with van der Waals surface area (Å²) in [6.45, 7) is 5.15. The van der Waals surface area contributed by atoms with Gasteiger partial charge in [0, 0.05) is 38.3 Å². The number of hydrogen-bond donors (Lipinski definition) is 2. The Kier molecular flexibility index (Phi) is 8.89. The molecule has 6 heteroatoms. The predicted molar refractivity (Wildman–Crippen MR) is 121 cm³/mol. The van der Waals surface area contributed by atoms with Crippen LogP contribution in [0, 0.1) is 0 Å². The largest absolute Gasteiger partial charge is 0.494 e. The normalized spacial score (nSPS) is 19.4. The number of rotatable bonds is 6. The van der Waals surface area contributed by atoms with Crippen molar-refractivity contribution in [1.82, 2.24) is 10.6 Å². The molecule has 1 aromatic carbocycles. The van der Waals surface area contributed by atoms with Gasteiger partial charge >= 0.3 is 0 Å². The number of guanidine groups is 1. The minimum absolute atomic E-state index is 0. The van der Waals surface area contributed by atoms with Crippen LogP contribution in [0.2, 0.25) is 0 Å². The Morgan fingerprint density at radius 2 is 1.85 bits per heavy atom. The van der Waals surface area contributed by atoms with Gasteiger partial charge in [-0.05, 0) is 50.3 Å². The summed E-state index contributed by atoms with van der Waals surface area (Å²) in [7, 11) is 1.84. The van der Waals surface area contributed by atoms with Gasteiger partial charge in [0.1, 0.15) is 5.75 Å². The highest BCUT2D eigenvalue weighted by molar-refractivity contribution is 14.0. The van der Waals surface area contributed by atoms with E-state index >= 15 is 0 Å². The van der Waals surface area contributed by atoms with Crippen LogP contribution in [0.15, 0.2) is 41.4 Å². The molecule has 2 aliphatic rings. The Hall–Kier alpha value is -1.28. The summed E-state index contributed by atoms with van der Waals surface area (Å²) >= 11 is 0. The summed E-state index contributed by atoms with van der Waals surface area (Å²) in [5.74, 6) is 1.81. The van der Waals surface area contributed by atoms with E-state index < -0.39 is 0 Å². The Bertz CT molecular complexity index is 617. The molecular weight excluding hydrogens is 453 g/mol. The maximum absolute atomic E-state index is 5.64. The van der Waals surface area contributed by atoms with E-state index in [1.807, 2.05) is 14.0 Å². The molecule has 1 aliphatic heterocycles. The van der Waals surface area contributed by atoms with Crippen molar-refractivity contribution in [3.63, 3.8) is 0 Å². The van der Waals surface area contributed by atoms with E-state index in [0.29, 0.717) is 12.6 Å². The van der Waals surface area contributed by atoms with Gasteiger partial charge in [-0.3, -0.25) is 4.99 Å². The third-order valence-electron chi connectivity index (χ3n) is 5.39. The summed E-state index contributed by atoms with van der Waals surface area (Å²) in [6, 6.07) is 9.02. The first-order valence-electron chi connectivity index (χ1n) is 9.69. The lowest BCUT2D eigenvalue weighted by Crippen LogP contribution is -2.49. The number of nitrogens with zero attached hydrogens (tertiary/aromatic N) is 1. The molecule has 0 saturated carbocycles. The van der Waals surface area contributed by atoms with Crippen LogP contribution in [0.5, 0.6) is 5.75 Å². The van der Waals surface area contributed by atoms with Crippen molar-refractivity contribution in [3.05, 3.63) is 42.0 Å². The van der Waals surface area contributed by atoms with Crippen molar-refractivity contribution in [2.75, 3.05) is 33.4 Å². The van der Waals surface area contributed by atoms with Crippen LogP contribution >= 0.6 is 24.0 Å². The molecule has 150 valence electrons. The van der Waals surface area contributed by atoms with Gasteiger partial charge in [-0.15, -0.1) is 24.0 Å². The van der Waals surface area contributed by atoms with Gasteiger partial charge in [0.05, 0.1) is 6.61 Å². The molecule has 0 bridgehead atoms. The van der Waals surface area contributed by atoms with Crippen LogP contribution in [0.25, 0.3) is 0 Å². The standard InChI is InChI=1S/C21H31N3O2.HI/c1-3-26-19-10-8-17(9-11-19)21(12-14-25-15-13-21)16-23-20(22-2)24-18-6-4-5-7-18;/h4-5,8-11,18H,3,6-7,12-16H2,1-2H3,(H2,22,23,24);1H. The fourth-order valence-corrected chi connectivity index (χ4v) is 3.78. The number of halogens is 1. The SMILES string of the molecule is CCOc1ccc(C2(CNC(=NC)NC3CC=CC3)CCOCC2)cc1.I. The van der Waals surface area contributed by atoms with E-state index in [-0.39, 0.29) is 29.4 Å². The predicted octanol–water partition coefficient (Wildman–Crippen LogP) is 3.64. The molecule has 1 aliphatic carbocycles. The van der Waals surface area contributed by atoms with Gasteiger partial charge in [-0.25, -0.2) is 0 Å². The molecule has 1 heterocycles. The monoisotopic (exact) mass is 485 g/mol. The van der Waals surface area contributed by atoms with Crippen molar-refractivity contribution in [2.45, 2.75) is 44.1 Å². The molecule has 0 aromatic heterocycles. The first-order valence-corrected chi connectivity index (χ1v) is 9.69. The molecule has 0 radical (unpaired) electrons. The topological polar surface area (TPSA) is 54.9 Å². The first-order chi connectivity index (χ1) is 12.8. The van der Waals surface area contributed by atoms with Gasteiger partial charge in [0.25, 0.3) is 0 Å². The lowest BCUT2D eigenvalue weighted by Gasteiger charge is -2.38. The minimum Gasteiger partial charge on any atom is -0.494 e. The van der Waals surface area contributed by atoms with Crippen molar-refractivity contribution >= 4 is 29.9 Å². The quantitative estimate of drug-likeness (QED) is 0.280. The van der Waals surface area contributed by atoms with Gasteiger partial charge in [0.15, 0.2) is 5.96 Å². The molecule has 1 aromatic rings. The maximum Gasteiger partial charge on any atom is 0.191 e. The smallest absolute Gasteiger partial charge is 0.191 e. The van der Waals surface area contributed by atoms with Crippen molar-refractivity contribution < 1.29 is 9.47 Å². The molecule has 3 rings (SSSR count). The van der Waals surface area contributed by atoms with Crippen LogP contribution < -0.4 is 15.4 Å². The molecule has 0 spiro atoms. The van der Waals surface area contributed by atoms with Gasteiger partial charge in [-0.2, -0.15) is 0 Å². The number of benzene rings is 1. The van der Waals surface area contributed by atoms with Crippen molar-refractivity contribution in [1.29, 1.82) is 0 Å². The van der Waals surface area contributed by atoms with Gasteiger partial charge in [-0.1, -0.05) is 24.3 Å². The second-order valence-electron chi connectivity index (χ2n) is 7.06. The molecule has 0 unspecified atom stereocenters. The van der Waals surface area contributed by atoms with E-state index in [9.17, 15) is 0 Å². The maximum atomic E-state index is 5.64. The fraction of sp³-hybridized carbons (Fsp3) is 0.571. The zero-order valence-corrected chi connectivity index (χ0v) is 18.7. The third kappa shape index (κ3) is 5.85. The van der Waals surface area contributed by atoms with Crippen LogP contribution in [0.4, 0.5) is 0 Å². The summed E-state index contributed by atoms with van der Waals surface area (Å²) in [5, 5.41) is 7.09. The average molecular weight is 485 g/mol. The molecule has 5 nitrogen and oxygen atoms in total. The Balaban J connectivity index is 0.00000261. The van der Waals surface area contributed by atoms with Crippen molar-refractivity contribution in [2.24, 2.45) is 4.99 Å². The highest BCUT2D eigenvalue weighted by Gasteiger charge is 2.34. The molecule has 0 atom stereocenters. The fourth-order valence-electron chi connectivity index (χ4n) is 3.78. The molecule has 0 amide bonds. The Morgan fingerprint density at radius 3 is 2.44 bits per heavy atom. The summed E-state index contributed by atoms with van der Waals surface area (Å²) in [5.41, 5.74) is 1.41. The summed E-state index contributed by atoms with van der Waals surface area (Å²) < 4.78 is 11.2. The number of hydrogen-bond acceptors (Lipinski definition) is 3. The first kappa shape index (κ1) is 22.0. The van der Waals surface area contributed by atoms with E-state index in [0.717, 1.165) is 57.2 Å². The highest BCUT2D eigenvalue weighted by atomic mass is 127. The van der Waals surface area contributed by atoms with E-state index in [1.54, 1.807) is 0 Å². The molecule has 1 fully saturated rings. The second-order valence-corrected chi connectivity index (χ2v) is 7.06. The van der Waals surface area contributed by atoms with Gasteiger partial charge in [0.2, 0.25) is 0 Å². The van der Waals surface area contributed by atoms with Crippen LogP contribution in [-0.2, 0) is 10.2 Å². The second kappa shape index (κ2) is 10.9. The van der Waals surface area contributed by atoms with Crippen molar-refractivity contribution in [3.8, 4) is 5.75 Å². The highest BCUT2D eigenvalue weighted by Crippen LogP contribution is 2.35. The van der Waals surface area contributed by atoms with E-state index in [4.69, 9.17) is 9.47 Å². The molecule has 1 saturated heterocycles. The third-order valence-corrected chi connectivity index (χ3v) is 5.39. The minimum atomic E-state index is 0. The zero-order valence-electron chi connectivity index (χ0n) is 16.4. The Morgan fingerprint density at radius 1 is 1.19 bits per heavy atom. The molecular formula is C21H32IN3O2.